The smallest absolute Gasteiger partial charge is 0.257 e. The van der Waals surface area contributed by atoms with Gasteiger partial charge in [-0.15, -0.1) is 0 Å². The molecule has 0 aliphatic heterocycles. The first-order valence-electron chi connectivity index (χ1n) is 8.22. The maximum atomic E-state index is 13.6. The van der Waals surface area contributed by atoms with Crippen LogP contribution in [0.3, 0.4) is 0 Å². The predicted molar refractivity (Wildman–Crippen MR) is 101 cm³/mol. The van der Waals surface area contributed by atoms with Crippen molar-refractivity contribution in [1.82, 2.24) is 4.98 Å². The van der Waals surface area contributed by atoms with Crippen molar-refractivity contribution in [2.24, 2.45) is 0 Å². The molecule has 1 aromatic heterocycles. The van der Waals surface area contributed by atoms with Crippen molar-refractivity contribution < 1.29 is 23.0 Å². The topological polar surface area (TPSA) is 72.5 Å². The Hall–Kier alpha value is -3.68. The molecule has 0 spiro atoms. The maximum absolute atomic E-state index is 13.6. The number of methoxy groups -OCH3 is 2. The quantitative estimate of drug-likeness (QED) is 0.659. The number of para-hydroxylation sites is 1. The minimum atomic E-state index is -0.854. The summed E-state index contributed by atoms with van der Waals surface area (Å²) in [6.45, 7) is 0. The average Bonchev–Trinajstić information content (AvgIpc) is 2.71. The van der Waals surface area contributed by atoms with Gasteiger partial charge in [0.15, 0.2) is 11.5 Å². The minimum absolute atomic E-state index is 0.153. The summed E-state index contributed by atoms with van der Waals surface area (Å²) in [5.74, 6) is -0.764. The van der Waals surface area contributed by atoms with Gasteiger partial charge in [-0.05, 0) is 36.4 Å². The van der Waals surface area contributed by atoms with Crippen LogP contribution < -0.4 is 20.1 Å². The second-order valence-electron chi connectivity index (χ2n) is 5.68. The molecule has 2 N–H and O–H groups in total. The first-order chi connectivity index (χ1) is 13.5. The SMILES string of the molecule is COc1ccc(Nc2ccc(C(=O)Nc3c(F)cccc3F)cn2)cc1OC. The molecule has 1 amide bonds. The van der Waals surface area contributed by atoms with Crippen molar-refractivity contribution in [2.45, 2.75) is 0 Å². The lowest BCUT2D eigenvalue weighted by atomic mass is 10.2. The summed E-state index contributed by atoms with van der Waals surface area (Å²) in [4.78, 5) is 16.4. The van der Waals surface area contributed by atoms with E-state index >= 15 is 0 Å². The number of ether oxygens (including phenoxy) is 2. The molecule has 0 unspecified atom stereocenters. The number of amides is 1. The lowest BCUT2D eigenvalue weighted by Crippen LogP contribution is -2.14. The van der Waals surface area contributed by atoms with Gasteiger partial charge in [0.1, 0.15) is 23.1 Å². The van der Waals surface area contributed by atoms with E-state index in [1.807, 2.05) is 0 Å². The van der Waals surface area contributed by atoms with E-state index in [1.165, 1.54) is 25.4 Å². The highest BCUT2D eigenvalue weighted by molar-refractivity contribution is 6.04. The standard InChI is InChI=1S/C20H17F2N3O3/c1-27-16-8-7-13(10-17(16)28-2)24-18-9-6-12(11-23-18)20(26)25-19-14(21)4-3-5-15(19)22/h3-11H,1-2H3,(H,23,24)(H,25,26). The number of aromatic nitrogens is 1. The molecule has 3 rings (SSSR count). The van der Waals surface area contributed by atoms with E-state index in [1.54, 1.807) is 31.4 Å². The van der Waals surface area contributed by atoms with Gasteiger partial charge in [0.05, 0.1) is 19.8 Å². The van der Waals surface area contributed by atoms with E-state index < -0.39 is 23.2 Å². The molecule has 0 aliphatic carbocycles. The molecule has 0 fully saturated rings. The number of hydrogen-bond donors (Lipinski definition) is 2. The van der Waals surface area contributed by atoms with Crippen LogP contribution in [0.15, 0.2) is 54.7 Å². The molecule has 0 atom stereocenters. The van der Waals surface area contributed by atoms with Gasteiger partial charge >= 0.3 is 0 Å². The summed E-state index contributed by atoms with van der Waals surface area (Å²) in [6, 6.07) is 11.7. The van der Waals surface area contributed by atoms with Gasteiger partial charge in [-0.1, -0.05) is 6.07 Å². The monoisotopic (exact) mass is 385 g/mol. The normalized spacial score (nSPS) is 10.3. The van der Waals surface area contributed by atoms with Crippen LogP contribution in [0.5, 0.6) is 11.5 Å². The summed E-state index contributed by atoms with van der Waals surface area (Å²) in [7, 11) is 3.08. The van der Waals surface area contributed by atoms with Crippen molar-refractivity contribution in [3.05, 3.63) is 71.9 Å². The average molecular weight is 385 g/mol. The van der Waals surface area contributed by atoms with Crippen molar-refractivity contribution in [1.29, 1.82) is 0 Å². The van der Waals surface area contributed by atoms with E-state index in [0.29, 0.717) is 23.0 Å². The largest absolute Gasteiger partial charge is 0.493 e. The number of halogens is 2. The molecule has 1 heterocycles. The highest BCUT2D eigenvalue weighted by Crippen LogP contribution is 2.30. The number of anilines is 3. The van der Waals surface area contributed by atoms with Crippen LogP contribution in [-0.4, -0.2) is 25.1 Å². The Morgan fingerprint density at radius 3 is 2.29 bits per heavy atom. The first kappa shape index (κ1) is 19.1. The number of hydrogen-bond acceptors (Lipinski definition) is 5. The van der Waals surface area contributed by atoms with Crippen molar-refractivity contribution in [2.75, 3.05) is 24.9 Å². The molecule has 0 aliphatic rings. The summed E-state index contributed by atoms with van der Waals surface area (Å²) >= 11 is 0. The molecule has 144 valence electrons. The van der Waals surface area contributed by atoms with Gasteiger partial charge in [-0.3, -0.25) is 4.79 Å². The van der Waals surface area contributed by atoms with Crippen molar-refractivity contribution in [3.8, 4) is 11.5 Å². The Morgan fingerprint density at radius 1 is 0.964 bits per heavy atom. The predicted octanol–water partition coefficient (Wildman–Crippen LogP) is 4.37. The molecule has 0 radical (unpaired) electrons. The fraction of sp³-hybridized carbons (Fsp3) is 0.100. The van der Waals surface area contributed by atoms with Gasteiger partial charge in [0, 0.05) is 18.0 Å². The maximum Gasteiger partial charge on any atom is 0.257 e. The van der Waals surface area contributed by atoms with E-state index in [4.69, 9.17) is 9.47 Å². The number of carbonyl (C=O) groups excluding carboxylic acids is 1. The second kappa shape index (κ2) is 8.34. The van der Waals surface area contributed by atoms with Gasteiger partial charge in [-0.2, -0.15) is 0 Å². The summed E-state index contributed by atoms with van der Waals surface area (Å²) in [6.07, 6.45) is 1.30. The Labute approximate surface area is 160 Å². The van der Waals surface area contributed by atoms with E-state index in [2.05, 4.69) is 15.6 Å². The van der Waals surface area contributed by atoms with Gasteiger partial charge in [-0.25, -0.2) is 13.8 Å². The lowest BCUT2D eigenvalue weighted by molar-refractivity contribution is 0.102. The third-order valence-electron chi connectivity index (χ3n) is 3.88. The molecule has 6 nitrogen and oxygen atoms in total. The van der Waals surface area contributed by atoms with Gasteiger partial charge < -0.3 is 20.1 Å². The summed E-state index contributed by atoms with van der Waals surface area (Å²) in [5, 5.41) is 5.28. The molecule has 0 bridgehead atoms. The number of rotatable bonds is 6. The number of nitrogens with zero attached hydrogens (tertiary/aromatic N) is 1. The number of benzene rings is 2. The molecule has 8 heteroatoms. The highest BCUT2D eigenvalue weighted by Gasteiger charge is 2.14. The lowest BCUT2D eigenvalue weighted by Gasteiger charge is -2.11. The summed E-state index contributed by atoms with van der Waals surface area (Å²) < 4.78 is 37.7. The Kier molecular flexibility index (Phi) is 5.69. The zero-order chi connectivity index (χ0) is 20.1. The van der Waals surface area contributed by atoms with E-state index in [0.717, 1.165) is 12.1 Å². The van der Waals surface area contributed by atoms with Crippen LogP contribution in [0.4, 0.5) is 26.0 Å². The van der Waals surface area contributed by atoms with Crippen LogP contribution >= 0.6 is 0 Å². The fourth-order valence-electron chi connectivity index (χ4n) is 2.47. The van der Waals surface area contributed by atoms with Crippen LogP contribution in [0.2, 0.25) is 0 Å². The van der Waals surface area contributed by atoms with Crippen LogP contribution in [0.25, 0.3) is 0 Å². The first-order valence-corrected chi connectivity index (χ1v) is 8.22. The number of nitrogens with one attached hydrogen (secondary N) is 2. The third kappa shape index (κ3) is 4.17. The Balaban J connectivity index is 1.72. The third-order valence-corrected chi connectivity index (χ3v) is 3.88. The second-order valence-corrected chi connectivity index (χ2v) is 5.68. The summed E-state index contributed by atoms with van der Waals surface area (Å²) in [5.41, 5.74) is 0.358. The van der Waals surface area contributed by atoms with Gasteiger partial charge in [0.2, 0.25) is 0 Å². The fourth-order valence-corrected chi connectivity index (χ4v) is 2.47. The molecular weight excluding hydrogens is 368 g/mol. The number of carbonyl (C=O) groups is 1. The Bertz CT molecular complexity index is 974. The van der Waals surface area contributed by atoms with Crippen molar-refractivity contribution in [3.63, 3.8) is 0 Å². The van der Waals surface area contributed by atoms with Crippen LogP contribution in [0, 0.1) is 11.6 Å². The molecular formula is C20H17F2N3O3. The zero-order valence-electron chi connectivity index (χ0n) is 15.1. The minimum Gasteiger partial charge on any atom is -0.493 e. The molecule has 0 saturated heterocycles. The van der Waals surface area contributed by atoms with Crippen LogP contribution in [-0.2, 0) is 0 Å². The van der Waals surface area contributed by atoms with Crippen LogP contribution in [0.1, 0.15) is 10.4 Å². The Morgan fingerprint density at radius 2 is 1.68 bits per heavy atom. The highest BCUT2D eigenvalue weighted by atomic mass is 19.1. The number of pyridine rings is 1. The van der Waals surface area contributed by atoms with E-state index in [9.17, 15) is 13.6 Å². The zero-order valence-corrected chi connectivity index (χ0v) is 15.1. The molecule has 2 aromatic carbocycles. The molecule has 3 aromatic rings. The van der Waals surface area contributed by atoms with Gasteiger partial charge in [0.25, 0.3) is 5.91 Å². The van der Waals surface area contributed by atoms with Crippen molar-refractivity contribution >= 4 is 23.1 Å². The molecule has 0 saturated carbocycles. The van der Waals surface area contributed by atoms with E-state index in [-0.39, 0.29) is 5.56 Å². The molecule has 28 heavy (non-hydrogen) atoms.